The highest BCUT2D eigenvalue weighted by Gasteiger charge is 2.18. The SMILES string of the molecule is Cc1ccc(CC2CC(=O)CCN2)cc1. The Morgan fingerprint density at radius 1 is 1.33 bits per heavy atom. The van der Waals surface area contributed by atoms with Crippen molar-refractivity contribution in [2.24, 2.45) is 0 Å². The van der Waals surface area contributed by atoms with Crippen molar-refractivity contribution in [1.82, 2.24) is 5.32 Å². The largest absolute Gasteiger partial charge is 0.313 e. The molecule has 2 heteroatoms. The summed E-state index contributed by atoms with van der Waals surface area (Å²) in [6, 6.07) is 8.89. The molecule has 1 N–H and O–H groups in total. The molecular formula is C13H17NO. The van der Waals surface area contributed by atoms with Gasteiger partial charge in [-0.05, 0) is 18.9 Å². The van der Waals surface area contributed by atoms with E-state index in [1.54, 1.807) is 0 Å². The van der Waals surface area contributed by atoms with Crippen LogP contribution in [0.3, 0.4) is 0 Å². The third kappa shape index (κ3) is 2.90. The number of nitrogens with one attached hydrogen (secondary N) is 1. The van der Waals surface area contributed by atoms with E-state index in [-0.39, 0.29) is 0 Å². The maximum Gasteiger partial charge on any atom is 0.135 e. The molecule has 1 heterocycles. The van der Waals surface area contributed by atoms with Crippen LogP contribution in [0.2, 0.25) is 0 Å². The van der Waals surface area contributed by atoms with Gasteiger partial charge in [0.05, 0.1) is 0 Å². The van der Waals surface area contributed by atoms with Gasteiger partial charge in [-0.1, -0.05) is 29.8 Å². The van der Waals surface area contributed by atoms with Crippen LogP contribution in [0.25, 0.3) is 0 Å². The zero-order valence-corrected chi connectivity index (χ0v) is 9.12. The Labute approximate surface area is 90.7 Å². The third-order valence-electron chi connectivity index (χ3n) is 2.91. The number of Topliss-reactive ketones (excluding diaryl/α,β-unsaturated/α-hetero) is 1. The van der Waals surface area contributed by atoms with Crippen LogP contribution in [0.4, 0.5) is 0 Å². The van der Waals surface area contributed by atoms with E-state index in [0.717, 1.165) is 13.0 Å². The molecule has 15 heavy (non-hydrogen) atoms. The van der Waals surface area contributed by atoms with Gasteiger partial charge in [0.25, 0.3) is 0 Å². The van der Waals surface area contributed by atoms with Gasteiger partial charge in [0.2, 0.25) is 0 Å². The fourth-order valence-electron chi connectivity index (χ4n) is 2.02. The molecule has 0 spiro atoms. The van der Waals surface area contributed by atoms with E-state index in [0.29, 0.717) is 24.7 Å². The highest BCUT2D eigenvalue weighted by Crippen LogP contribution is 2.11. The Kier molecular flexibility index (Phi) is 3.17. The van der Waals surface area contributed by atoms with Crippen LogP contribution in [0.15, 0.2) is 24.3 Å². The molecule has 0 radical (unpaired) electrons. The Hall–Kier alpha value is -1.15. The fraction of sp³-hybridized carbons (Fsp3) is 0.462. The first-order valence-corrected chi connectivity index (χ1v) is 5.54. The molecule has 2 nitrogen and oxygen atoms in total. The first-order chi connectivity index (χ1) is 7.24. The van der Waals surface area contributed by atoms with Crippen molar-refractivity contribution in [2.75, 3.05) is 6.54 Å². The van der Waals surface area contributed by atoms with E-state index < -0.39 is 0 Å². The minimum atomic E-state index is 0.342. The second-order valence-corrected chi connectivity index (χ2v) is 4.33. The number of hydrogen-bond donors (Lipinski definition) is 1. The second-order valence-electron chi connectivity index (χ2n) is 4.33. The normalized spacial score (nSPS) is 21.7. The first-order valence-electron chi connectivity index (χ1n) is 5.54. The van der Waals surface area contributed by atoms with Gasteiger partial charge in [0, 0.05) is 25.4 Å². The number of rotatable bonds is 2. The van der Waals surface area contributed by atoms with Gasteiger partial charge >= 0.3 is 0 Å². The van der Waals surface area contributed by atoms with Crippen molar-refractivity contribution in [3.63, 3.8) is 0 Å². The van der Waals surface area contributed by atoms with Crippen LogP contribution >= 0.6 is 0 Å². The van der Waals surface area contributed by atoms with Crippen molar-refractivity contribution in [2.45, 2.75) is 32.2 Å². The Morgan fingerprint density at radius 2 is 2.07 bits per heavy atom. The van der Waals surface area contributed by atoms with E-state index in [2.05, 4.69) is 36.5 Å². The number of aryl methyl sites for hydroxylation is 1. The lowest BCUT2D eigenvalue weighted by Crippen LogP contribution is -2.39. The summed E-state index contributed by atoms with van der Waals surface area (Å²) in [6.45, 7) is 2.93. The van der Waals surface area contributed by atoms with Crippen molar-refractivity contribution >= 4 is 5.78 Å². The summed E-state index contributed by atoms with van der Waals surface area (Å²) in [4.78, 5) is 11.3. The van der Waals surface area contributed by atoms with Gasteiger partial charge in [-0.15, -0.1) is 0 Å². The van der Waals surface area contributed by atoms with Crippen molar-refractivity contribution in [1.29, 1.82) is 0 Å². The average molecular weight is 203 g/mol. The van der Waals surface area contributed by atoms with E-state index in [1.807, 2.05) is 0 Å². The molecule has 1 aromatic carbocycles. The summed E-state index contributed by atoms with van der Waals surface area (Å²) in [6.07, 6.45) is 2.35. The highest BCUT2D eigenvalue weighted by molar-refractivity contribution is 5.80. The molecule has 0 amide bonds. The average Bonchev–Trinajstić information content (AvgIpc) is 2.22. The summed E-state index contributed by atoms with van der Waals surface area (Å²) in [7, 11) is 0. The predicted octanol–water partition coefficient (Wildman–Crippen LogP) is 1.86. The number of benzene rings is 1. The maximum atomic E-state index is 11.3. The second kappa shape index (κ2) is 4.58. The quantitative estimate of drug-likeness (QED) is 0.795. The van der Waals surface area contributed by atoms with Gasteiger partial charge in [0.15, 0.2) is 0 Å². The lowest BCUT2D eigenvalue weighted by Gasteiger charge is -2.22. The molecule has 0 aromatic heterocycles. The summed E-state index contributed by atoms with van der Waals surface area (Å²) >= 11 is 0. The van der Waals surface area contributed by atoms with Gasteiger partial charge in [0.1, 0.15) is 5.78 Å². The van der Waals surface area contributed by atoms with E-state index in [1.165, 1.54) is 11.1 Å². The Bertz CT molecular complexity index is 342. The number of carbonyl (C=O) groups is 1. The number of ketones is 1. The highest BCUT2D eigenvalue weighted by atomic mass is 16.1. The topological polar surface area (TPSA) is 29.1 Å². The van der Waals surface area contributed by atoms with E-state index in [9.17, 15) is 4.79 Å². The van der Waals surface area contributed by atoms with Gasteiger partial charge in [-0.3, -0.25) is 4.79 Å². The molecule has 80 valence electrons. The number of carbonyl (C=O) groups excluding carboxylic acids is 1. The zero-order valence-electron chi connectivity index (χ0n) is 9.12. The van der Waals surface area contributed by atoms with Crippen LogP contribution in [0.5, 0.6) is 0 Å². The van der Waals surface area contributed by atoms with Crippen LogP contribution < -0.4 is 5.32 Å². The third-order valence-corrected chi connectivity index (χ3v) is 2.91. The molecule has 1 saturated heterocycles. The van der Waals surface area contributed by atoms with Crippen molar-refractivity contribution in [3.05, 3.63) is 35.4 Å². The maximum absolute atomic E-state index is 11.3. The van der Waals surface area contributed by atoms with E-state index in [4.69, 9.17) is 0 Å². The molecule has 1 aliphatic heterocycles. The summed E-state index contributed by atoms with van der Waals surface area (Å²) in [5, 5.41) is 3.39. The van der Waals surface area contributed by atoms with Crippen molar-refractivity contribution < 1.29 is 4.79 Å². The standard InChI is InChI=1S/C13H17NO/c1-10-2-4-11(5-3-10)8-12-9-13(15)6-7-14-12/h2-5,12,14H,6-9H2,1H3. The molecule has 2 rings (SSSR count). The molecular weight excluding hydrogens is 186 g/mol. The monoisotopic (exact) mass is 203 g/mol. The molecule has 1 aliphatic rings. The minimum Gasteiger partial charge on any atom is -0.313 e. The van der Waals surface area contributed by atoms with Crippen molar-refractivity contribution in [3.8, 4) is 0 Å². The van der Waals surface area contributed by atoms with Gasteiger partial charge < -0.3 is 5.32 Å². The fourth-order valence-corrected chi connectivity index (χ4v) is 2.02. The molecule has 1 atom stereocenters. The molecule has 1 aromatic rings. The first kappa shape index (κ1) is 10.4. The molecule has 0 saturated carbocycles. The van der Waals surface area contributed by atoms with Gasteiger partial charge in [-0.25, -0.2) is 0 Å². The van der Waals surface area contributed by atoms with Gasteiger partial charge in [-0.2, -0.15) is 0 Å². The zero-order chi connectivity index (χ0) is 10.7. The lowest BCUT2D eigenvalue weighted by molar-refractivity contribution is -0.120. The molecule has 1 unspecified atom stereocenters. The smallest absolute Gasteiger partial charge is 0.135 e. The van der Waals surface area contributed by atoms with E-state index >= 15 is 0 Å². The number of piperidine rings is 1. The lowest BCUT2D eigenvalue weighted by atomic mass is 9.96. The molecule has 0 bridgehead atoms. The van der Waals surface area contributed by atoms with Crippen LogP contribution in [-0.4, -0.2) is 18.4 Å². The summed E-state index contributed by atoms with van der Waals surface area (Å²) in [5.41, 5.74) is 2.60. The Balaban J connectivity index is 1.96. The predicted molar refractivity (Wildman–Crippen MR) is 60.9 cm³/mol. The van der Waals surface area contributed by atoms with Crippen LogP contribution in [0.1, 0.15) is 24.0 Å². The molecule has 0 aliphatic carbocycles. The summed E-state index contributed by atoms with van der Waals surface area (Å²) < 4.78 is 0. The number of hydrogen-bond acceptors (Lipinski definition) is 2. The molecule has 1 fully saturated rings. The van der Waals surface area contributed by atoms with Crippen LogP contribution in [0, 0.1) is 6.92 Å². The minimum absolute atomic E-state index is 0.342. The van der Waals surface area contributed by atoms with Crippen LogP contribution in [-0.2, 0) is 11.2 Å². The Morgan fingerprint density at radius 3 is 2.73 bits per heavy atom. The summed E-state index contributed by atoms with van der Waals surface area (Å²) in [5.74, 6) is 0.394.